The molecule has 0 radical (unpaired) electrons. The number of methoxy groups -OCH3 is 1. The molecule has 19 heavy (non-hydrogen) atoms. The summed E-state index contributed by atoms with van der Waals surface area (Å²) in [4.78, 5) is 11.1. The third-order valence-corrected chi connectivity index (χ3v) is 4.09. The van der Waals surface area contributed by atoms with Crippen LogP contribution in [0.25, 0.3) is 0 Å². The van der Waals surface area contributed by atoms with E-state index in [0.29, 0.717) is 11.4 Å². The monoisotopic (exact) mass is 293 g/mol. The number of unbranched alkanes of at least 4 members (excludes halogenated alkanes) is 1. The SMILES string of the molecule is COCC(=O)NCC(O)OCCCCC(C)(C)SC. The van der Waals surface area contributed by atoms with Gasteiger partial charge in [-0.2, -0.15) is 11.8 Å². The molecular weight excluding hydrogens is 266 g/mol. The van der Waals surface area contributed by atoms with Gasteiger partial charge in [-0.15, -0.1) is 0 Å². The van der Waals surface area contributed by atoms with Crippen LogP contribution in [-0.2, 0) is 14.3 Å². The van der Waals surface area contributed by atoms with E-state index in [4.69, 9.17) is 4.74 Å². The molecule has 0 spiro atoms. The molecule has 1 atom stereocenters. The lowest BCUT2D eigenvalue weighted by atomic mass is 10.1. The second kappa shape index (κ2) is 10.5. The molecule has 114 valence electrons. The van der Waals surface area contributed by atoms with Gasteiger partial charge in [-0.1, -0.05) is 13.8 Å². The molecule has 0 fully saturated rings. The Labute approximate surface area is 120 Å². The number of amides is 1. The van der Waals surface area contributed by atoms with Crippen molar-refractivity contribution < 1.29 is 19.4 Å². The van der Waals surface area contributed by atoms with Crippen molar-refractivity contribution in [3.05, 3.63) is 0 Å². The molecule has 1 unspecified atom stereocenters. The summed E-state index contributed by atoms with van der Waals surface area (Å²) in [5.41, 5.74) is 0. The van der Waals surface area contributed by atoms with Crippen molar-refractivity contribution in [2.45, 2.75) is 44.1 Å². The van der Waals surface area contributed by atoms with Gasteiger partial charge in [-0.25, -0.2) is 0 Å². The molecule has 0 bridgehead atoms. The summed E-state index contributed by atoms with van der Waals surface area (Å²) >= 11 is 1.86. The number of ether oxygens (including phenoxy) is 2. The van der Waals surface area contributed by atoms with Crippen LogP contribution >= 0.6 is 11.8 Å². The first-order valence-electron chi connectivity index (χ1n) is 6.51. The molecule has 0 aromatic rings. The summed E-state index contributed by atoms with van der Waals surface area (Å²) in [7, 11) is 1.45. The summed E-state index contributed by atoms with van der Waals surface area (Å²) in [5.74, 6) is -0.258. The first kappa shape index (κ1) is 18.7. The van der Waals surface area contributed by atoms with E-state index in [0.717, 1.165) is 19.3 Å². The molecule has 0 aliphatic rings. The number of hydrogen-bond acceptors (Lipinski definition) is 5. The minimum Gasteiger partial charge on any atom is -0.375 e. The second-order valence-corrected chi connectivity index (χ2v) is 6.50. The maximum absolute atomic E-state index is 11.1. The predicted octanol–water partition coefficient (Wildman–Crippen LogP) is 1.40. The molecule has 0 rings (SSSR count). The van der Waals surface area contributed by atoms with Gasteiger partial charge >= 0.3 is 0 Å². The van der Waals surface area contributed by atoms with Crippen LogP contribution in [0.3, 0.4) is 0 Å². The van der Waals surface area contributed by atoms with Crippen molar-refractivity contribution in [2.75, 3.05) is 33.1 Å². The highest BCUT2D eigenvalue weighted by molar-refractivity contribution is 7.99. The minimum atomic E-state index is -0.950. The van der Waals surface area contributed by atoms with Crippen molar-refractivity contribution in [1.82, 2.24) is 5.32 Å². The van der Waals surface area contributed by atoms with E-state index in [1.165, 1.54) is 7.11 Å². The molecule has 0 aliphatic heterocycles. The minimum absolute atomic E-state index is 0.00349. The Morgan fingerprint density at radius 3 is 2.68 bits per heavy atom. The van der Waals surface area contributed by atoms with E-state index in [9.17, 15) is 9.90 Å². The summed E-state index contributed by atoms with van der Waals surface area (Å²) < 4.78 is 10.2. The molecule has 0 heterocycles. The van der Waals surface area contributed by atoms with Gasteiger partial charge in [0.2, 0.25) is 5.91 Å². The highest BCUT2D eigenvalue weighted by atomic mass is 32.2. The summed E-state index contributed by atoms with van der Waals surface area (Å²) in [6.45, 7) is 5.04. The number of aliphatic hydroxyl groups is 1. The lowest BCUT2D eigenvalue weighted by Gasteiger charge is -2.21. The first-order valence-corrected chi connectivity index (χ1v) is 7.74. The third kappa shape index (κ3) is 11.2. The van der Waals surface area contributed by atoms with E-state index in [1.807, 2.05) is 11.8 Å². The summed E-state index contributed by atoms with van der Waals surface area (Å²) in [6.07, 6.45) is 4.26. The Bertz CT molecular complexity index is 249. The van der Waals surface area contributed by atoms with E-state index in [-0.39, 0.29) is 19.1 Å². The number of carbonyl (C=O) groups is 1. The number of thioether (sulfide) groups is 1. The topological polar surface area (TPSA) is 67.8 Å². The number of rotatable bonds is 11. The molecule has 1 amide bonds. The van der Waals surface area contributed by atoms with Crippen molar-refractivity contribution in [3.8, 4) is 0 Å². The van der Waals surface area contributed by atoms with Crippen molar-refractivity contribution in [1.29, 1.82) is 0 Å². The Balaban J connectivity index is 3.48. The normalized spacial score (nSPS) is 13.3. The lowest BCUT2D eigenvalue weighted by Crippen LogP contribution is -2.35. The Morgan fingerprint density at radius 1 is 1.42 bits per heavy atom. The van der Waals surface area contributed by atoms with Crippen LogP contribution in [0, 0.1) is 0 Å². The average Bonchev–Trinajstić information content (AvgIpc) is 2.36. The fourth-order valence-corrected chi connectivity index (χ4v) is 1.76. The molecule has 0 aromatic carbocycles. The standard InChI is InChI=1S/C13H27NO4S/c1-13(2,19-4)7-5-6-8-18-12(16)9-14-11(15)10-17-3/h12,16H,5-10H2,1-4H3,(H,14,15). The molecule has 5 nitrogen and oxygen atoms in total. The van der Waals surface area contributed by atoms with E-state index < -0.39 is 6.29 Å². The van der Waals surface area contributed by atoms with Crippen LogP contribution in [-0.4, -0.2) is 55.2 Å². The molecule has 6 heteroatoms. The molecular formula is C13H27NO4S. The molecule has 0 saturated heterocycles. The fraction of sp³-hybridized carbons (Fsp3) is 0.923. The molecule has 0 aromatic heterocycles. The number of aliphatic hydroxyl groups excluding tert-OH is 1. The second-order valence-electron chi connectivity index (χ2n) is 4.98. The smallest absolute Gasteiger partial charge is 0.246 e. The Morgan fingerprint density at radius 2 is 2.11 bits per heavy atom. The van der Waals surface area contributed by atoms with Crippen LogP contribution in [0.4, 0.5) is 0 Å². The van der Waals surface area contributed by atoms with E-state index >= 15 is 0 Å². The van der Waals surface area contributed by atoms with Crippen LogP contribution in [0.1, 0.15) is 33.1 Å². The van der Waals surface area contributed by atoms with Crippen molar-refractivity contribution >= 4 is 17.7 Å². The van der Waals surface area contributed by atoms with Gasteiger partial charge in [0.05, 0.1) is 6.54 Å². The van der Waals surface area contributed by atoms with Crippen LogP contribution in [0.15, 0.2) is 0 Å². The Hall–Kier alpha value is -0.300. The van der Waals surface area contributed by atoms with Crippen LogP contribution in [0.5, 0.6) is 0 Å². The maximum atomic E-state index is 11.1. The lowest BCUT2D eigenvalue weighted by molar-refractivity contribution is -0.130. The first-order chi connectivity index (χ1) is 8.91. The van der Waals surface area contributed by atoms with Gasteiger partial charge in [0.1, 0.15) is 6.61 Å². The number of hydrogen-bond donors (Lipinski definition) is 2. The van der Waals surface area contributed by atoms with Crippen LogP contribution in [0.2, 0.25) is 0 Å². The average molecular weight is 293 g/mol. The van der Waals surface area contributed by atoms with E-state index in [2.05, 4.69) is 30.2 Å². The highest BCUT2D eigenvalue weighted by Gasteiger charge is 2.14. The van der Waals surface area contributed by atoms with E-state index in [1.54, 1.807) is 0 Å². The zero-order valence-corrected chi connectivity index (χ0v) is 13.2. The molecule has 2 N–H and O–H groups in total. The van der Waals surface area contributed by atoms with Gasteiger partial charge in [0.15, 0.2) is 6.29 Å². The zero-order valence-electron chi connectivity index (χ0n) is 12.4. The third-order valence-electron chi connectivity index (χ3n) is 2.79. The zero-order chi connectivity index (χ0) is 14.7. The summed E-state index contributed by atoms with van der Waals surface area (Å²) in [5, 5.41) is 12.0. The quantitative estimate of drug-likeness (QED) is 0.445. The van der Waals surface area contributed by atoms with Gasteiger partial charge in [-0.3, -0.25) is 4.79 Å². The maximum Gasteiger partial charge on any atom is 0.246 e. The predicted molar refractivity (Wildman–Crippen MR) is 78.3 cm³/mol. The van der Waals surface area contributed by atoms with Crippen molar-refractivity contribution in [2.24, 2.45) is 0 Å². The van der Waals surface area contributed by atoms with Gasteiger partial charge in [0, 0.05) is 18.5 Å². The largest absolute Gasteiger partial charge is 0.375 e. The molecule has 0 saturated carbocycles. The number of nitrogens with one attached hydrogen (secondary N) is 1. The van der Waals surface area contributed by atoms with Crippen molar-refractivity contribution in [3.63, 3.8) is 0 Å². The summed E-state index contributed by atoms with van der Waals surface area (Å²) in [6, 6.07) is 0. The van der Waals surface area contributed by atoms with Gasteiger partial charge in [-0.05, 0) is 25.5 Å². The van der Waals surface area contributed by atoms with Gasteiger partial charge in [0.25, 0.3) is 0 Å². The number of carbonyl (C=O) groups excluding carboxylic acids is 1. The molecule has 0 aliphatic carbocycles. The van der Waals surface area contributed by atoms with Gasteiger partial charge < -0.3 is 19.9 Å². The fourth-order valence-electron chi connectivity index (χ4n) is 1.42. The Kier molecular flexibility index (Phi) is 10.3. The highest BCUT2D eigenvalue weighted by Crippen LogP contribution is 2.27. The van der Waals surface area contributed by atoms with Crippen LogP contribution < -0.4 is 5.32 Å².